The van der Waals surface area contributed by atoms with E-state index in [9.17, 15) is 0 Å². The Morgan fingerprint density at radius 1 is 1.10 bits per heavy atom. The minimum atomic E-state index is 0.292. The van der Waals surface area contributed by atoms with Crippen LogP contribution in [0.25, 0.3) is 0 Å². The number of rotatable bonds is 10. The van der Waals surface area contributed by atoms with Crippen LogP contribution in [-0.2, 0) is 0 Å². The molecule has 0 saturated heterocycles. The predicted octanol–water partition coefficient (Wildman–Crippen LogP) is 3.60. The summed E-state index contributed by atoms with van der Waals surface area (Å²) in [6, 6.07) is 8.69. The molecule has 3 nitrogen and oxygen atoms in total. The zero-order chi connectivity index (χ0) is 14.8. The third-order valence-corrected chi connectivity index (χ3v) is 3.40. The Balaban J connectivity index is 2.86. The third kappa shape index (κ3) is 5.14. The van der Waals surface area contributed by atoms with Crippen LogP contribution in [0.5, 0.6) is 5.75 Å². The Kier molecular flexibility index (Phi) is 8.31. The summed E-state index contributed by atoms with van der Waals surface area (Å²) in [6.07, 6.45) is 3.34. The largest absolute Gasteiger partial charge is 0.494 e. The monoisotopic (exact) mass is 278 g/mol. The zero-order valence-electron chi connectivity index (χ0n) is 13.3. The molecule has 0 heterocycles. The number of hydrogen-bond donors (Lipinski definition) is 1. The van der Waals surface area contributed by atoms with Gasteiger partial charge >= 0.3 is 0 Å². The lowest BCUT2D eigenvalue weighted by atomic mass is 10.0. The van der Waals surface area contributed by atoms with Crippen LogP contribution in [0.2, 0.25) is 0 Å². The second kappa shape index (κ2) is 9.78. The van der Waals surface area contributed by atoms with Gasteiger partial charge in [0.05, 0.1) is 6.61 Å². The molecule has 3 heteroatoms. The fourth-order valence-corrected chi connectivity index (χ4v) is 2.53. The number of ether oxygens (including phenoxy) is 1. The first-order chi connectivity index (χ1) is 9.76. The molecule has 0 aliphatic heterocycles. The van der Waals surface area contributed by atoms with Crippen LogP contribution in [0.4, 0.5) is 0 Å². The van der Waals surface area contributed by atoms with Crippen molar-refractivity contribution in [1.82, 2.24) is 4.90 Å². The maximum absolute atomic E-state index is 6.03. The van der Waals surface area contributed by atoms with E-state index in [1.165, 1.54) is 5.56 Å². The first-order valence-electron chi connectivity index (χ1n) is 7.93. The summed E-state index contributed by atoms with van der Waals surface area (Å²) in [5.74, 6) is 0.954. The second-order valence-corrected chi connectivity index (χ2v) is 5.21. The first-order valence-corrected chi connectivity index (χ1v) is 7.93. The molecule has 0 saturated carbocycles. The quantitative estimate of drug-likeness (QED) is 0.710. The number of benzene rings is 1. The average Bonchev–Trinajstić information content (AvgIpc) is 2.47. The van der Waals surface area contributed by atoms with Gasteiger partial charge in [-0.3, -0.25) is 4.90 Å². The van der Waals surface area contributed by atoms with Gasteiger partial charge in [-0.25, -0.2) is 0 Å². The van der Waals surface area contributed by atoms with Crippen LogP contribution >= 0.6 is 0 Å². The summed E-state index contributed by atoms with van der Waals surface area (Å²) < 4.78 is 5.73. The van der Waals surface area contributed by atoms with Crippen molar-refractivity contribution >= 4 is 0 Å². The Labute approximate surface area is 124 Å². The van der Waals surface area contributed by atoms with E-state index >= 15 is 0 Å². The summed E-state index contributed by atoms with van der Waals surface area (Å²) in [7, 11) is 0. The SMILES string of the molecule is CCCOc1cccc(C(CN)N(CCC)CCC)c1. The normalized spacial score (nSPS) is 12.7. The fourth-order valence-electron chi connectivity index (χ4n) is 2.53. The smallest absolute Gasteiger partial charge is 0.119 e. The highest BCUT2D eigenvalue weighted by atomic mass is 16.5. The fraction of sp³-hybridized carbons (Fsp3) is 0.647. The highest BCUT2D eigenvalue weighted by molar-refractivity contribution is 5.31. The van der Waals surface area contributed by atoms with Gasteiger partial charge < -0.3 is 10.5 Å². The molecule has 1 rings (SSSR count). The number of hydrogen-bond acceptors (Lipinski definition) is 3. The molecular weight excluding hydrogens is 248 g/mol. The van der Waals surface area contributed by atoms with E-state index in [1.54, 1.807) is 0 Å². The van der Waals surface area contributed by atoms with Crippen LogP contribution in [0, 0.1) is 0 Å². The molecule has 0 radical (unpaired) electrons. The predicted molar refractivity (Wildman–Crippen MR) is 86.2 cm³/mol. The van der Waals surface area contributed by atoms with Gasteiger partial charge in [0.15, 0.2) is 0 Å². The van der Waals surface area contributed by atoms with Crippen molar-refractivity contribution in [3.05, 3.63) is 29.8 Å². The Morgan fingerprint density at radius 3 is 2.35 bits per heavy atom. The third-order valence-electron chi connectivity index (χ3n) is 3.40. The average molecular weight is 278 g/mol. The molecule has 114 valence electrons. The van der Waals surface area contributed by atoms with Gasteiger partial charge in [-0.1, -0.05) is 32.9 Å². The van der Waals surface area contributed by atoms with Crippen molar-refractivity contribution in [2.24, 2.45) is 5.73 Å². The molecule has 0 amide bonds. The molecule has 20 heavy (non-hydrogen) atoms. The molecule has 0 aliphatic carbocycles. The van der Waals surface area contributed by atoms with Gasteiger partial charge in [0.1, 0.15) is 5.75 Å². The molecule has 2 N–H and O–H groups in total. The van der Waals surface area contributed by atoms with E-state index < -0.39 is 0 Å². The number of nitrogens with zero attached hydrogens (tertiary/aromatic N) is 1. The molecule has 0 aromatic heterocycles. The molecule has 1 aromatic rings. The molecule has 0 bridgehead atoms. The molecule has 0 spiro atoms. The van der Waals surface area contributed by atoms with Crippen molar-refractivity contribution in [2.45, 2.75) is 46.1 Å². The molecule has 1 aromatic carbocycles. The molecule has 1 unspecified atom stereocenters. The van der Waals surface area contributed by atoms with Crippen molar-refractivity contribution < 1.29 is 4.74 Å². The van der Waals surface area contributed by atoms with Gasteiger partial charge in [-0.15, -0.1) is 0 Å². The summed E-state index contributed by atoms with van der Waals surface area (Å²) in [6.45, 7) is 10.2. The van der Waals surface area contributed by atoms with Gasteiger partial charge in [0, 0.05) is 12.6 Å². The Hall–Kier alpha value is -1.06. The molecular formula is C17H30N2O. The van der Waals surface area contributed by atoms with Gasteiger partial charge in [-0.05, 0) is 50.0 Å². The molecule has 0 fully saturated rings. The zero-order valence-corrected chi connectivity index (χ0v) is 13.3. The maximum atomic E-state index is 6.03. The van der Waals surface area contributed by atoms with Crippen molar-refractivity contribution in [1.29, 1.82) is 0 Å². The van der Waals surface area contributed by atoms with E-state index in [1.807, 2.05) is 6.07 Å². The van der Waals surface area contributed by atoms with Crippen LogP contribution in [0.3, 0.4) is 0 Å². The summed E-state index contributed by atoms with van der Waals surface area (Å²) in [5.41, 5.74) is 7.30. The highest BCUT2D eigenvalue weighted by Crippen LogP contribution is 2.24. The summed E-state index contributed by atoms with van der Waals surface area (Å²) in [4.78, 5) is 2.49. The minimum Gasteiger partial charge on any atom is -0.494 e. The lowest BCUT2D eigenvalue weighted by Gasteiger charge is -2.31. The van der Waals surface area contributed by atoms with E-state index in [0.717, 1.165) is 44.7 Å². The van der Waals surface area contributed by atoms with Gasteiger partial charge in [0.2, 0.25) is 0 Å². The summed E-state index contributed by atoms with van der Waals surface area (Å²) in [5, 5.41) is 0. The van der Waals surface area contributed by atoms with Gasteiger partial charge in [0.25, 0.3) is 0 Å². The number of nitrogens with two attached hydrogens (primary N) is 1. The topological polar surface area (TPSA) is 38.5 Å². The molecule has 0 aliphatic rings. The Morgan fingerprint density at radius 2 is 1.80 bits per heavy atom. The second-order valence-electron chi connectivity index (χ2n) is 5.21. The first kappa shape index (κ1) is 17.0. The Bertz CT molecular complexity index is 362. The van der Waals surface area contributed by atoms with Crippen molar-refractivity contribution in [2.75, 3.05) is 26.2 Å². The van der Waals surface area contributed by atoms with E-state index in [2.05, 4.69) is 43.9 Å². The lowest BCUT2D eigenvalue weighted by Crippen LogP contribution is -2.35. The van der Waals surface area contributed by atoms with Crippen LogP contribution in [-0.4, -0.2) is 31.1 Å². The van der Waals surface area contributed by atoms with E-state index in [4.69, 9.17) is 10.5 Å². The van der Waals surface area contributed by atoms with E-state index in [0.29, 0.717) is 12.6 Å². The van der Waals surface area contributed by atoms with Gasteiger partial charge in [-0.2, -0.15) is 0 Å². The lowest BCUT2D eigenvalue weighted by molar-refractivity contribution is 0.201. The highest BCUT2D eigenvalue weighted by Gasteiger charge is 2.18. The maximum Gasteiger partial charge on any atom is 0.119 e. The van der Waals surface area contributed by atoms with Crippen molar-refractivity contribution in [3.63, 3.8) is 0 Å². The van der Waals surface area contributed by atoms with Crippen molar-refractivity contribution in [3.8, 4) is 5.75 Å². The van der Waals surface area contributed by atoms with Crippen LogP contribution in [0.15, 0.2) is 24.3 Å². The van der Waals surface area contributed by atoms with E-state index in [-0.39, 0.29) is 0 Å². The van der Waals surface area contributed by atoms with Crippen LogP contribution in [0.1, 0.15) is 51.6 Å². The molecule has 1 atom stereocenters. The minimum absolute atomic E-state index is 0.292. The standard InChI is InChI=1S/C17H30N2O/c1-4-10-19(11-5-2)17(14-18)15-8-7-9-16(13-15)20-12-6-3/h7-9,13,17H,4-6,10-12,14,18H2,1-3H3. The summed E-state index contributed by atoms with van der Waals surface area (Å²) >= 11 is 0. The van der Waals surface area contributed by atoms with Crippen LogP contribution < -0.4 is 10.5 Å².